The molecule has 118 valence electrons. The van der Waals surface area contributed by atoms with Crippen LogP contribution in [0.25, 0.3) is 10.8 Å². The Morgan fingerprint density at radius 3 is 2.73 bits per heavy atom. The lowest BCUT2D eigenvalue weighted by molar-refractivity contribution is 0.0341. The van der Waals surface area contributed by atoms with Crippen molar-refractivity contribution < 1.29 is 18.6 Å². The van der Waals surface area contributed by atoms with E-state index in [1.165, 1.54) is 12.4 Å². The highest BCUT2D eigenvalue weighted by molar-refractivity contribution is 6.30. The molecule has 2 aromatic rings. The molecule has 4 nitrogen and oxygen atoms in total. The summed E-state index contributed by atoms with van der Waals surface area (Å²) < 4.78 is 29.7. The Balaban J connectivity index is 2.11. The van der Waals surface area contributed by atoms with E-state index in [0.717, 1.165) is 12.8 Å². The Bertz CT molecular complexity index is 705. The van der Waals surface area contributed by atoms with Crippen molar-refractivity contribution in [2.75, 3.05) is 6.61 Å². The van der Waals surface area contributed by atoms with E-state index in [1.807, 2.05) is 0 Å². The summed E-state index contributed by atoms with van der Waals surface area (Å²) in [4.78, 5) is 8.04. The van der Waals surface area contributed by atoms with Gasteiger partial charge in [0.05, 0.1) is 11.0 Å². The molecule has 1 fully saturated rings. The number of alkyl halides is 2. The van der Waals surface area contributed by atoms with Crippen molar-refractivity contribution in [3.05, 3.63) is 29.2 Å². The van der Waals surface area contributed by atoms with E-state index in [2.05, 4.69) is 9.97 Å². The van der Waals surface area contributed by atoms with E-state index >= 15 is 0 Å². The number of pyridine rings is 2. The Morgan fingerprint density at radius 1 is 1.36 bits per heavy atom. The maximum absolute atomic E-state index is 12.3. The minimum Gasteiger partial charge on any atom is -0.471 e. The normalized spacial score (nSPS) is 17.7. The highest BCUT2D eigenvalue weighted by Crippen LogP contribution is 2.47. The largest absolute Gasteiger partial charge is 0.471 e. The minimum atomic E-state index is -2.59. The number of aromatic nitrogens is 2. The van der Waals surface area contributed by atoms with Gasteiger partial charge >= 0.3 is 0 Å². The van der Waals surface area contributed by atoms with E-state index in [9.17, 15) is 13.9 Å². The van der Waals surface area contributed by atoms with Crippen LogP contribution in [0.4, 0.5) is 8.78 Å². The Morgan fingerprint density at radius 2 is 2.09 bits per heavy atom. The molecule has 1 aliphatic carbocycles. The zero-order chi connectivity index (χ0) is 15.9. The Kier molecular flexibility index (Phi) is 3.91. The maximum Gasteiger partial charge on any atom is 0.272 e. The van der Waals surface area contributed by atoms with E-state index in [1.54, 1.807) is 13.0 Å². The number of halogens is 3. The first-order valence-electron chi connectivity index (χ1n) is 6.97. The highest BCUT2D eigenvalue weighted by Gasteiger charge is 2.42. The van der Waals surface area contributed by atoms with Gasteiger partial charge in [-0.05, 0) is 37.1 Å². The van der Waals surface area contributed by atoms with Gasteiger partial charge < -0.3 is 9.84 Å². The second-order valence-electron chi connectivity index (χ2n) is 5.65. The van der Waals surface area contributed by atoms with Gasteiger partial charge in [-0.1, -0.05) is 11.6 Å². The SMILES string of the molecule is CC(O)(c1cnc(OCC(F)F)c2cnc(Cl)cc12)C1CC1. The van der Waals surface area contributed by atoms with Crippen LogP contribution < -0.4 is 4.74 Å². The number of fused-ring (bicyclic) bond motifs is 1. The van der Waals surface area contributed by atoms with Crippen molar-refractivity contribution in [3.63, 3.8) is 0 Å². The number of aliphatic hydroxyl groups is 1. The van der Waals surface area contributed by atoms with E-state index < -0.39 is 18.6 Å². The van der Waals surface area contributed by atoms with Gasteiger partial charge in [0.25, 0.3) is 6.43 Å². The zero-order valence-electron chi connectivity index (χ0n) is 11.9. The van der Waals surface area contributed by atoms with Gasteiger partial charge in [-0.3, -0.25) is 0 Å². The second kappa shape index (κ2) is 5.59. The fraction of sp³-hybridized carbons (Fsp3) is 0.467. The van der Waals surface area contributed by atoms with Crippen LogP contribution in [0.15, 0.2) is 18.5 Å². The molecule has 3 rings (SSSR count). The highest BCUT2D eigenvalue weighted by atomic mass is 35.5. The molecule has 1 N–H and O–H groups in total. The minimum absolute atomic E-state index is 0.0646. The van der Waals surface area contributed by atoms with Gasteiger partial charge in [-0.2, -0.15) is 0 Å². The molecule has 2 heterocycles. The first kappa shape index (κ1) is 15.4. The van der Waals surface area contributed by atoms with Crippen molar-refractivity contribution in [2.45, 2.75) is 31.8 Å². The van der Waals surface area contributed by atoms with Crippen LogP contribution >= 0.6 is 11.6 Å². The molecular weight excluding hydrogens is 314 g/mol. The monoisotopic (exact) mass is 328 g/mol. The molecule has 0 radical (unpaired) electrons. The van der Waals surface area contributed by atoms with E-state index in [0.29, 0.717) is 16.3 Å². The molecule has 22 heavy (non-hydrogen) atoms. The van der Waals surface area contributed by atoms with Crippen molar-refractivity contribution in [1.29, 1.82) is 0 Å². The van der Waals surface area contributed by atoms with E-state index in [4.69, 9.17) is 16.3 Å². The smallest absolute Gasteiger partial charge is 0.272 e. The van der Waals surface area contributed by atoms with Gasteiger partial charge in [0.15, 0.2) is 6.61 Å². The van der Waals surface area contributed by atoms with Crippen molar-refractivity contribution in [3.8, 4) is 5.88 Å². The van der Waals surface area contributed by atoms with Gasteiger partial charge in [-0.25, -0.2) is 18.7 Å². The van der Waals surface area contributed by atoms with Gasteiger partial charge in [0, 0.05) is 18.0 Å². The third kappa shape index (κ3) is 2.85. The molecule has 2 aromatic heterocycles. The van der Waals surface area contributed by atoms with Gasteiger partial charge in [0.1, 0.15) is 5.15 Å². The summed E-state index contributed by atoms with van der Waals surface area (Å²) >= 11 is 5.94. The quantitative estimate of drug-likeness (QED) is 0.853. The van der Waals surface area contributed by atoms with Crippen LogP contribution in [0.1, 0.15) is 25.3 Å². The lowest BCUT2D eigenvalue weighted by Crippen LogP contribution is -2.24. The number of nitrogens with zero attached hydrogens (tertiary/aromatic N) is 2. The predicted molar refractivity (Wildman–Crippen MR) is 78.3 cm³/mol. The van der Waals surface area contributed by atoms with Crippen LogP contribution in [-0.2, 0) is 5.60 Å². The zero-order valence-corrected chi connectivity index (χ0v) is 12.6. The third-order valence-electron chi connectivity index (χ3n) is 3.97. The number of hydrogen-bond donors (Lipinski definition) is 1. The van der Waals surface area contributed by atoms with E-state index in [-0.39, 0.29) is 17.0 Å². The predicted octanol–water partition coefficient (Wildman–Crippen LogP) is 3.54. The first-order valence-corrected chi connectivity index (χ1v) is 7.35. The first-order chi connectivity index (χ1) is 10.4. The fourth-order valence-corrected chi connectivity index (χ4v) is 2.77. The number of rotatable bonds is 5. The van der Waals surface area contributed by atoms with Gasteiger partial charge in [0.2, 0.25) is 5.88 Å². The molecule has 1 unspecified atom stereocenters. The van der Waals surface area contributed by atoms with Crippen LogP contribution in [0.5, 0.6) is 5.88 Å². The summed E-state index contributed by atoms with van der Waals surface area (Å²) in [7, 11) is 0. The Labute approximate surface area is 131 Å². The molecule has 7 heteroatoms. The molecule has 0 spiro atoms. The van der Waals surface area contributed by atoms with Crippen molar-refractivity contribution in [1.82, 2.24) is 9.97 Å². The lowest BCUT2D eigenvalue weighted by atomic mass is 9.89. The van der Waals surface area contributed by atoms with Crippen LogP contribution in [0, 0.1) is 5.92 Å². The fourth-order valence-electron chi connectivity index (χ4n) is 2.61. The standard InChI is InChI=1S/C15H15ClF2N2O2/c1-15(21,8-2-3-8)11-6-20-14(22-7-13(17)18)10-5-19-12(16)4-9(10)11/h4-6,8,13,21H,2-3,7H2,1H3. The molecule has 1 aliphatic rings. The molecule has 0 aromatic carbocycles. The second-order valence-corrected chi connectivity index (χ2v) is 6.04. The average Bonchev–Trinajstić information content (AvgIpc) is 3.28. The van der Waals surface area contributed by atoms with Crippen LogP contribution in [-0.4, -0.2) is 28.1 Å². The summed E-state index contributed by atoms with van der Waals surface area (Å²) in [5, 5.41) is 12.1. The molecule has 0 bridgehead atoms. The molecule has 0 saturated heterocycles. The van der Waals surface area contributed by atoms with Crippen LogP contribution in [0.3, 0.4) is 0 Å². The average molecular weight is 329 g/mol. The van der Waals surface area contributed by atoms with Gasteiger partial charge in [-0.15, -0.1) is 0 Å². The maximum atomic E-state index is 12.3. The molecule has 1 saturated carbocycles. The summed E-state index contributed by atoms with van der Waals surface area (Å²) in [5.41, 5.74) is -0.435. The summed E-state index contributed by atoms with van der Waals surface area (Å²) in [5.74, 6) is 0.229. The Hall–Kier alpha value is -1.53. The summed E-state index contributed by atoms with van der Waals surface area (Å²) in [6, 6.07) is 1.60. The molecular formula is C15H15ClF2N2O2. The number of ether oxygens (including phenoxy) is 1. The molecule has 0 aliphatic heterocycles. The van der Waals surface area contributed by atoms with Crippen molar-refractivity contribution >= 4 is 22.4 Å². The molecule has 0 amide bonds. The number of hydrogen-bond acceptors (Lipinski definition) is 4. The third-order valence-corrected chi connectivity index (χ3v) is 4.17. The lowest BCUT2D eigenvalue weighted by Gasteiger charge is -2.25. The molecule has 1 atom stereocenters. The summed E-state index contributed by atoms with van der Waals surface area (Å²) in [6.45, 7) is 0.984. The summed E-state index contributed by atoms with van der Waals surface area (Å²) in [6.07, 6.45) is 2.19. The van der Waals surface area contributed by atoms with Crippen molar-refractivity contribution in [2.24, 2.45) is 5.92 Å². The topological polar surface area (TPSA) is 55.2 Å². The van der Waals surface area contributed by atoms with Crippen LogP contribution in [0.2, 0.25) is 5.15 Å².